The van der Waals surface area contributed by atoms with Crippen molar-refractivity contribution in [1.82, 2.24) is 4.57 Å². The molecule has 0 atom stereocenters. The summed E-state index contributed by atoms with van der Waals surface area (Å²) in [6.45, 7) is -0.331. The lowest BCUT2D eigenvalue weighted by Crippen LogP contribution is -2.11. The Bertz CT molecular complexity index is 666. The number of carboxylic acids is 1. The van der Waals surface area contributed by atoms with Gasteiger partial charge in [0.2, 0.25) is 0 Å². The predicted molar refractivity (Wildman–Crippen MR) is 65.7 cm³/mol. The summed E-state index contributed by atoms with van der Waals surface area (Å²) in [6, 6.07) is 2.57. The molecule has 0 aliphatic carbocycles. The van der Waals surface area contributed by atoms with Crippen LogP contribution in [-0.4, -0.2) is 21.6 Å². The van der Waals surface area contributed by atoms with Gasteiger partial charge in [-0.1, -0.05) is 0 Å². The normalized spacial score (nSPS) is 10.8. The molecule has 1 amide bonds. The third kappa shape index (κ3) is 2.08. The predicted octanol–water partition coefficient (Wildman–Crippen LogP) is 1.73. The molecule has 5 nitrogen and oxygen atoms in total. The summed E-state index contributed by atoms with van der Waals surface area (Å²) in [5.74, 6) is -2.34. The Labute approximate surface area is 109 Å². The van der Waals surface area contributed by atoms with Gasteiger partial charge in [0, 0.05) is 11.6 Å². The van der Waals surface area contributed by atoms with Crippen LogP contribution in [0.15, 0.2) is 22.8 Å². The molecule has 94 valence electrons. The van der Waals surface area contributed by atoms with Crippen LogP contribution in [0.4, 0.5) is 4.39 Å². The monoisotopic (exact) mass is 314 g/mol. The van der Waals surface area contributed by atoms with E-state index >= 15 is 0 Å². The summed E-state index contributed by atoms with van der Waals surface area (Å²) in [5, 5.41) is 9.07. The number of nitrogens with zero attached hydrogens (tertiary/aromatic N) is 1. The van der Waals surface area contributed by atoms with Gasteiger partial charge in [0.05, 0.1) is 15.6 Å². The molecule has 3 N–H and O–H groups in total. The van der Waals surface area contributed by atoms with Gasteiger partial charge < -0.3 is 15.4 Å². The van der Waals surface area contributed by atoms with Crippen molar-refractivity contribution >= 4 is 38.7 Å². The van der Waals surface area contributed by atoms with E-state index in [0.717, 1.165) is 6.07 Å². The number of benzene rings is 1. The minimum Gasteiger partial charge on any atom is -0.480 e. The molecule has 0 fully saturated rings. The van der Waals surface area contributed by atoms with Crippen LogP contribution in [0.2, 0.25) is 0 Å². The molecule has 2 rings (SSSR count). The van der Waals surface area contributed by atoms with Crippen LogP contribution < -0.4 is 5.73 Å². The molecule has 0 saturated carbocycles. The fraction of sp³-hybridized carbons (Fsp3) is 0.0909. The number of amides is 1. The Morgan fingerprint density at radius 1 is 1.44 bits per heavy atom. The van der Waals surface area contributed by atoms with E-state index in [9.17, 15) is 14.0 Å². The lowest BCUT2D eigenvalue weighted by molar-refractivity contribution is -0.137. The Hall–Kier alpha value is -1.89. The Morgan fingerprint density at radius 2 is 2.11 bits per heavy atom. The SMILES string of the molecule is NC(=O)c1cn(CC(=O)O)c2cc(Br)c(F)cc12. The van der Waals surface area contributed by atoms with Crippen molar-refractivity contribution < 1.29 is 19.1 Å². The first kappa shape index (κ1) is 12.6. The van der Waals surface area contributed by atoms with Gasteiger partial charge in [0.25, 0.3) is 5.91 Å². The highest BCUT2D eigenvalue weighted by molar-refractivity contribution is 9.10. The van der Waals surface area contributed by atoms with E-state index in [-0.39, 0.29) is 16.6 Å². The second kappa shape index (κ2) is 4.41. The number of aliphatic carboxylic acids is 1. The summed E-state index contributed by atoms with van der Waals surface area (Å²) < 4.78 is 15.0. The number of carbonyl (C=O) groups excluding carboxylic acids is 1. The molecule has 1 heterocycles. The maximum absolute atomic E-state index is 13.4. The zero-order valence-corrected chi connectivity index (χ0v) is 10.6. The summed E-state index contributed by atoms with van der Waals surface area (Å²) in [7, 11) is 0. The van der Waals surface area contributed by atoms with Crippen molar-refractivity contribution in [3.05, 3.63) is 34.2 Å². The fourth-order valence-corrected chi connectivity index (χ4v) is 2.09. The number of hydrogen-bond acceptors (Lipinski definition) is 2. The number of rotatable bonds is 3. The maximum atomic E-state index is 13.4. The van der Waals surface area contributed by atoms with E-state index in [2.05, 4.69) is 15.9 Å². The summed E-state index contributed by atoms with van der Waals surface area (Å²) in [5.41, 5.74) is 5.70. The minimum atomic E-state index is -1.07. The Morgan fingerprint density at radius 3 is 2.67 bits per heavy atom. The molecule has 0 unspecified atom stereocenters. The first-order valence-corrected chi connectivity index (χ1v) is 5.69. The highest BCUT2D eigenvalue weighted by Crippen LogP contribution is 2.27. The van der Waals surface area contributed by atoms with Gasteiger partial charge in [-0.15, -0.1) is 0 Å². The first-order chi connectivity index (χ1) is 8.40. The van der Waals surface area contributed by atoms with Crippen LogP contribution >= 0.6 is 15.9 Å². The fourth-order valence-electron chi connectivity index (χ4n) is 1.76. The van der Waals surface area contributed by atoms with Gasteiger partial charge in [-0.3, -0.25) is 9.59 Å². The zero-order valence-electron chi connectivity index (χ0n) is 8.98. The number of carbonyl (C=O) groups is 2. The van der Waals surface area contributed by atoms with Crippen molar-refractivity contribution in [3.63, 3.8) is 0 Å². The maximum Gasteiger partial charge on any atom is 0.323 e. The summed E-state index contributed by atoms with van der Waals surface area (Å²) >= 11 is 3.01. The van der Waals surface area contributed by atoms with Crippen molar-refractivity contribution in [2.24, 2.45) is 5.73 Å². The molecule has 0 aliphatic heterocycles. The molecule has 18 heavy (non-hydrogen) atoms. The number of aromatic nitrogens is 1. The molecule has 0 aliphatic rings. The molecule has 0 bridgehead atoms. The van der Waals surface area contributed by atoms with Crippen LogP contribution in [0.5, 0.6) is 0 Å². The van der Waals surface area contributed by atoms with Gasteiger partial charge in [-0.05, 0) is 28.1 Å². The van der Waals surface area contributed by atoms with Crippen molar-refractivity contribution in [3.8, 4) is 0 Å². The zero-order chi connectivity index (χ0) is 13.4. The van der Waals surface area contributed by atoms with Crippen molar-refractivity contribution in [2.45, 2.75) is 6.54 Å². The van der Waals surface area contributed by atoms with Crippen molar-refractivity contribution in [1.29, 1.82) is 0 Å². The average Bonchev–Trinajstić information content (AvgIpc) is 2.57. The number of halogens is 2. The molecule has 2 aromatic rings. The molecule has 0 saturated heterocycles. The third-order valence-corrected chi connectivity index (χ3v) is 3.10. The second-order valence-electron chi connectivity index (χ2n) is 3.71. The largest absolute Gasteiger partial charge is 0.480 e. The van der Waals surface area contributed by atoms with Crippen molar-refractivity contribution in [2.75, 3.05) is 0 Å². The van der Waals surface area contributed by atoms with E-state index in [1.54, 1.807) is 0 Å². The Balaban J connectivity index is 2.76. The lowest BCUT2D eigenvalue weighted by Gasteiger charge is -2.02. The third-order valence-electron chi connectivity index (χ3n) is 2.49. The van der Waals surface area contributed by atoms with E-state index in [1.807, 2.05) is 0 Å². The molecular weight excluding hydrogens is 307 g/mol. The lowest BCUT2D eigenvalue weighted by atomic mass is 10.1. The Kier molecular flexibility index (Phi) is 3.08. The average molecular weight is 315 g/mol. The van der Waals surface area contributed by atoms with Gasteiger partial charge in [0.1, 0.15) is 12.4 Å². The van der Waals surface area contributed by atoms with Gasteiger partial charge in [-0.25, -0.2) is 4.39 Å². The molecule has 0 radical (unpaired) electrons. The highest BCUT2D eigenvalue weighted by atomic mass is 79.9. The smallest absolute Gasteiger partial charge is 0.323 e. The van der Waals surface area contributed by atoms with Gasteiger partial charge >= 0.3 is 5.97 Å². The molecule has 1 aromatic carbocycles. The number of primary amides is 1. The van der Waals surface area contributed by atoms with Crippen LogP contribution in [0.3, 0.4) is 0 Å². The number of carboxylic acid groups (broad SMARTS) is 1. The molecular formula is C11H8BrFN2O3. The van der Waals surface area contributed by atoms with Crippen LogP contribution in [0.25, 0.3) is 10.9 Å². The minimum absolute atomic E-state index is 0.0950. The van der Waals surface area contributed by atoms with E-state index in [4.69, 9.17) is 10.8 Å². The summed E-state index contributed by atoms with van der Waals surface area (Å²) in [4.78, 5) is 22.0. The van der Waals surface area contributed by atoms with Crippen LogP contribution in [0.1, 0.15) is 10.4 Å². The number of fused-ring (bicyclic) bond motifs is 1. The topological polar surface area (TPSA) is 85.3 Å². The molecule has 0 spiro atoms. The first-order valence-electron chi connectivity index (χ1n) is 4.89. The van der Waals surface area contributed by atoms with Gasteiger partial charge in [0.15, 0.2) is 0 Å². The summed E-state index contributed by atoms with van der Waals surface area (Å²) in [6.07, 6.45) is 1.31. The van der Waals surface area contributed by atoms with Crippen LogP contribution in [0, 0.1) is 5.82 Å². The molecule has 7 heteroatoms. The quantitative estimate of drug-likeness (QED) is 0.904. The van der Waals surface area contributed by atoms with Gasteiger partial charge in [-0.2, -0.15) is 0 Å². The van der Waals surface area contributed by atoms with E-state index in [0.29, 0.717) is 10.9 Å². The van der Waals surface area contributed by atoms with E-state index in [1.165, 1.54) is 16.8 Å². The highest BCUT2D eigenvalue weighted by Gasteiger charge is 2.16. The van der Waals surface area contributed by atoms with E-state index < -0.39 is 17.7 Å². The van der Waals surface area contributed by atoms with Crippen LogP contribution in [-0.2, 0) is 11.3 Å². The standard InChI is InChI=1S/C11H8BrFN2O3/c12-7-2-9-5(1-8(7)13)6(11(14)18)3-15(9)4-10(16)17/h1-3H,4H2,(H2,14,18)(H,16,17). The number of hydrogen-bond donors (Lipinski definition) is 2. The second-order valence-corrected chi connectivity index (χ2v) is 4.57. The molecule has 1 aromatic heterocycles. The number of nitrogens with two attached hydrogens (primary N) is 1.